The van der Waals surface area contributed by atoms with Crippen LogP contribution in [0.3, 0.4) is 0 Å². The first-order valence-corrected chi connectivity index (χ1v) is 9.04. The third kappa shape index (κ3) is 3.64. The maximum absolute atomic E-state index is 12.4. The number of halogens is 2. The predicted octanol–water partition coefficient (Wildman–Crippen LogP) is 4.77. The highest BCUT2D eigenvalue weighted by atomic mass is 35.5. The highest BCUT2D eigenvalue weighted by molar-refractivity contribution is 6.42. The van der Waals surface area contributed by atoms with E-state index in [1.165, 1.54) is 6.07 Å². The summed E-state index contributed by atoms with van der Waals surface area (Å²) in [7, 11) is 0. The van der Waals surface area contributed by atoms with E-state index in [-0.39, 0.29) is 11.8 Å². The van der Waals surface area contributed by atoms with E-state index in [9.17, 15) is 9.59 Å². The first kappa shape index (κ1) is 18.5. The molecule has 0 saturated heterocycles. The second-order valence-electron chi connectivity index (χ2n) is 6.02. The van der Waals surface area contributed by atoms with E-state index >= 15 is 0 Å². The number of carbonyl (C=O) groups is 2. The van der Waals surface area contributed by atoms with Crippen LogP contribution >= 0.6 is 23.2 Å². The Morgan fingerprint density at radius 2 is 1.96 bits per heavy atom. The van der Waals surface area contributed by atoms with Crippen LogP contribution in [0.5, 0.6) is 5.75 Å². The zero-order valence-corrected chi connectivity index (χ0v) is 15.9. The lowest BCUT2D eigenvalue weighted by Gasteiger charge is -2.33. The second kappa shape index (κ2) is 7.56. The Hall–Kier alpha value is -2.24. The lowest BCUT2D eigenvalue weighted by Crippen LogP contribution is -2.44. The van der Waals surface area contributed by atoms with Crippen LogP contribution < -0.4 is 15.0 Å². The smallest absolute Gasteiger partial charge is 0.267 e. The molecule has 26 heavy (non-hydrogen) atoms. The molecule has 0 fully saturated rings. The monoisotopic (exact) mass is 392 g/mol. The molecule has 7 heteroatoms. The number of nitrogens with zero attached hydrogens (tertiary/aromatic N) is 1. The fourth-order valence-electron chi connectivity index (χ4n) is 2.78. The lowest BCUT2D eigenvalue weighted by molar-refractivity contribution is -0.125. The molecule has 0 spiro atoms. The molecule has 2 aromatic carbocycles. The zero-order chi connectivity index (χ0) is 18.8. The normalized spacial score (nSPS) is 16.1. The standard InChI is InChI=1S/C19H18Cl2N2O3/c1-3-8-23-16-7-5-13(10-17(16)26-11(2)19(23)25)22-18(24)12-4-6-14(20)15(21)9-12/h4-7,9-11H,3,8H2,1-2H3,(H,22,24). The Morgan fingerprint density at radius 3 is 2.65 bits per heavy atom. The van der Waals surface area contributed by atoms with Crippen LogP contribution in [-0.4, -0.2) is 24.5 Å². The molecular weight excluding hydrogens is 375 g/mol. The summed E-state index contributed by atoms with van der Waals surface area (Å²) in [6, 6.07) is 9.92. The summed E-state index contributed by atoms with van der Waals surface area (Å²) in [6.45, 7) is 4.35. The topological polar surface area (TPSA) is 58.6 Å². The third-order valence-electron chi connectivity index (χ3n) is 4.06. The zero-order valence-electron chi connectivity index (χ0n) is 14.4. The number of hydrogen-bond acceptors (Lipinski definition) is 3. The fraction of sp³-hybridized carbons (Fsp3) is 0.263. The van der Waals surface area contributed by atoms with Crippen molar-refractivity contribution in [3.05, 3.63) is 52.0 Å². The molecule has 136 valence electrons. The van der Waals surface area contributed by atoms with Crippen molar-refractivity contribution in [3.63, 3.8) is 0 Å². The molecular formula is C19H18Cl2N2O3. The average molecular weight is 393 g/mol. The number of ether oxygens (including phenoxy) is 1. The summed E-state index contributed by atoms with van der Waals surface area (Å²) in [4.78, 5) is 26.4. The molecule has 1 atom stereocenters. The largest absolute Gasteiger partial charge is 0.479 e. The van der Waals surface area contributed by atoms with Crippen molar-refractivity contribution in [1.82, 2.24) is 0 Å². The van der Waals surface area contributed by atoms with Gasteiger partial charge in [-0.1, -0.05) is 30.1 Å². The Bertz CT molecular complexity index is 870. The molecule has 0 aliphatic carbocycles. The molecule has 3 rings (SSSR count). The van der Waals surface area contributed by atoms with Gasteiger partial charge in [0.15, 0.2) is 6.10 Å². The van der Waals surface area contributed by atoms with Crippen molar-refractivity contribution < 1.29 is 14.3 Å². The third-order valence-corrected chi connectivity index (χ3v) is 4.79. The summed E-state index contributed by atoms with van der Waals surface area (Å²) < 4.78 is 5.70. The van der Waals surface area contributed by atoms with Crippen molar-refractivity contribution in [2.24, 2.45) is 0 Å². The SMILES string of the molecule is CCCN1C(=O)C(C)Oc2cc(NC(=O)c3ccc(Cl)c(Cl)c3)ccc21. The van der Waals surface area contributed by atoms with Gasteiger partial charge in [-0.3, -0.25) is 9.59 Å². The molecule has 0 saturated carbocycles. The van der Waals surface area contributed by atoms with Gasteiger partial charge < -0.3 is 15.0 Å². The van der Waals surface area contributed by atoms with Crippen LogP contribution in [0.4, 0.5) is 11.4 Å². The van der Waals surface area contributed by atoms with Gasteiger partial charge in [-0.2, -0.15) is 0 Å². The van der Waals surface area contributed by atoms with Gasteiger partial charge in [0.1, 0.15) is 5.75 Å². The van der Waals surface area contributed by atoms with Crippen molar-refractivity contribution in [2.75, 3.05) is 16.8 Å². The minimum atomic E-state index is -0.560. The van der Waals surface area contributed by atoms with Crippen LogP contribution in [0.2, 0.25) is 10.0 Å². The first-order chi connectivity index (χ1) is 12.4. The second-order valence-corrected chi connectivity index (χ2v) is 6.83. The highest BCUT2D eigenvalue weighted by Crippen LogP contribution is 2.36. The molecule has 1 aliphatic rings. The van der Waals surface area contributed by atoms with Crippen LogP contribution in [0, 0.1) is 0 Å². The minimum Gasteiger partial charge on any atom is -0.479 e. The van der Waals surface area contributed by atoms with E-state index in [4.69, 9.17) is 27.9 Å². The number of fused-ring (bicyclic) bond motifs is 1. The van der Waals surface area contributed by atoms with E-state index < -0.39 is 6.10 Å². The Morgan fingerprint density at radius 1 is 1.19 bits per heavy atom. The highest BCUT2D eigenvalue weighted by Gasteiger charge is 2.31. The Labute approximate surface area is 161 Å². The van der Waals surface area contributed by atoms with Gasteiger partial charge in [0.2, 0.25) is 0 Å². The van der Waals surface area contributed by atoms with Gasteiger partial charge in [0, 0.05) is 23.9 Å². The summed E-state index contributed by atoms with van der Waals surface area (Å²) >= 11 is 11.8. The molecule has 5 nitrogen and oxygen atoms in total. The van der Waals surface area contributed by atoms with Gasteiger partial charge in [-0.05, 0) is 43.7 Å². The molecule has 1 unspecified atom stereocenters. The molecule has 2 amide bonds. The van der Waals surface area contributed by atoms with E-state index in [1.54, 1.807) is 42.2 Å². The quantitative estimate of drug-likeness (QED) is 0.814. The van der Waals surface area contributed by atoms with Crippen molar-refractivity contribution >= 4 is 46.4 Å². The van der Waals surface area contributed by atoms with Crippen LogP contribution in [0.25, 0.3) is 0 Å². The van der Waals surface area contributed by atoms with Gasteiger partial charge in [0.05, 0.1) is 15.7 Å². The van der Waals surface area contributed by atoms with Crippen molar-refractivity contribution in [2.45, 2.75) is 26.4 Å². The van der Waals surface area contributed by atoms with E-state index in [0.29, 0.717) is 39.3 Å². The fourth-order valence-corrected chi connectivity index (χ4v) is 3.08. The number of amides is 2. The first-order valence-electron chi connectivity index (χ1n) is 8.29. The Kier molecular flexibility index (Phi) is 5.39. The minimum absolute atomic E-state index is 0.0630. The number of anilines is 2. The van der Waals surface area contributed by atoms with Gasteiger partial charge in [-0.15, -0.1) is 0 Å². The van der Waals surface area contributed by atoms with E-state index in [0.717, 1.165) is 6.42 Å². The maximum atomic E-state index is 12.4. The molecule has 0 bridgehead atoms. The average Bonchev–Trinajstić information content (AvgIpc) is 2.61. The van der Waals surface area contributed by atoms with Crippen LogP contribution in [0.1, 0.15) is 30.6 Å². The number of hydrogen-bond donors (Lipinski definition) is 1. The van der Waals surface area contributed by atoms with Gasteiger partial charge >= 0.3 is 0 Å². The number of benzene rings is 2. The van der Waals surface area contributed by atoms with Crippen molar-refractivity contribution in [3.8, 4) is 5.75 Å². The summed E-state index contributed by atoms with van der Waals surface area (Å²) in [6.07, 6.45) is 0.281. The molecule has 1 heterocycles. The van der Waals surface area contributed by atoms with E-state index in [1.807, 2.05) is 6.92 Å². The lowest BCUT2D eigenvalue weighted by atomic mass is 10.1. The molecule has 2 aromatic rings. The molecule has 1 aliphatic heterocycles. The molecule has 0 radical (unpaired) electrons. The van der Waals surface area contributed by atoms with Gasteiger partial charge in [-0.25, -0.2) is 0 Å². The van der Waals surface area contributed by atoms with Crippen molar-refractivity contribution in [1.29, 1.82) is 0 Å². The number of carbonyl (C=O) groups excluding carboxylic acids is 2. The van der Waals surface area contributed by atoms with Gasteiger partial charge in [0.25, 0.3) is 11.8 Å². The molecule has 1 N–H and O–H groups in total. The number of nitrogens with one attached hydrogen (secondary N) is 1. The summed E-state index contributed by atoms with van der Waals surface area (Å²) in [5, 5.41) is 3.51. The summed E-state index contributed by atoms with van der Waals surface area (Å²) in [5.41, 5.74) is 1.68. The van der Waals surface area contributed by atoms with Crippen LogP contribution in [-0.2, 0) is 4.79 Å². The summed E-state index contributed by atoms with van der Waals surface area (Å²) in [5.74, 6) is 0.193. The van der Waals surface area contributed by atoms with E-state index in [2.05, 4.69) is 5.32 Å². The predicted molar refractivity (Wildman–Crippen MR) is 104 cm³/mol. The molecule has 0 aromatic heterocycles. The number of rotatable bonds is 4. The maximum Gasteiger partial charge on any atom is 0.267 e. The Balaban J connectivity index is 1.84. The van der Waals surface area contributed by atoms with Crippen LogP contribution in [0.15, 0.2) is 36.4 Å².